The van der Waals surface area contributed by atoms with E-state index in [1.807, 2.05) is 24.3 Å². The fraction of sp³-hybridized carbons (Fsp3) is 0.464. The fourth-order valence-electron chi connectivity index (χ4n) is 5.04. The SMILES string of the molecule is CC1(C(=O)O)CCN(C(=O)CCCCCNC(=O)OCC2c3ccccc3-c3ccccc32)CC1. The molecule has 2 aromatic carbocycles. The lowest BCUT2D eigenvalue weighted by molar-refractivity contribution is -0.153. The Hall–Kier alpha value is -3.35. The Morgan fingerprint density at radius 2 is 1.57 bits per heavy atom. The van der Waals surface area contributed by atoms with E-state index in [1.54, 1.807) is 11.8 Å². The molecule has 1 saturated heterocycles. The number of carboxylic acids is 1. The number of carbonyl (C=O) groups is 3. The first-order valence-electron chi connectivity index (χ1n) is 12.5. The Morgan fingerprint density at radius 1 is 0.971 bits per heavy atom. The summed E-state index contributed by atoms with van der Waals surface area (Å²) in [6.45, 7) is 3.56. The molecule has 1 heterocycles. The molecule has 186 valence electrons. The molecule has 2 N–H and O–H groups in total. The molecule has 1 aliphatic carbocycles. The van der Waals surface area contributed by atoms with Gasteiger partial charge in [0, 0.05) is 32.0 Å². The predicted molar refractivity (Wildman–Crippen MR) is 133 cm³/mol. The first-order valence-corrected chi connectivity index (χ1v) is 12.5. The van der Waals surface area contributed by atoms with Crippen molar-refractivity contribution in [2.45, 2.75) is 51.4 Å². The van der Waals surface area contributed by atoms with Crippen molar-refractivity contribution < 1.29 is 24.2 Å². The summed E-state index contributed by atoms with van der Waals surface area (Å²) in [6.07, 6.45) is 3.38. The molecule has 1 aliphatic heterocycles. The van der Waals surface area contributed by atoms with Crippen LogP contribution in [0.3, 0.4) is 0 Å². The number of rotatable bonds is 9. The molecular formula is C28H34N2O5. The van der Waals surface area contributed by atoms with Gasteiger partial charge in [0.05, 0.1) is 5.41 Å². The number of aliphatic carboxylic acids is 1. The monoisotopic (exact) mass is 478 g/mol. The zero-order chi connectivity index (χ0) is 24.8. The highest BCUT2D eigenvalue weighted by Gasteiger charge is 2.37. The van der Waals surface area contributed by atoms with Crippen LogP contribution in [0.25, 0.3) is 11.1 Å². The number of nitrogens with zero attached hydrogens (tertiary/aromatic N) is 1. The van der Waals surface area contributed by atoms with Gasteiger partial charge in [-0.25, -0.2) is 4.79 Å². The highest BCUT2D eigenvalue weighted by molar-refractivity contribution is 5.79. The van der Waals surface area contributed by atoms with E-state index in [-0.39, 0.29) is 11.8 Å². The van der Waals surface area contributed by atoms with Gasteiger partial charge in [-0.3, -0.25) is 9.59 Å². The standard InChI is InChI=1S/C28H34N2O5/c1-28(26(32)33)14-17-30(18-15-28)25(31)13-3-2-8-16-29-27(34)35-19-24-22-11-6-4-9-20(22)21-10-5-7-12-23(21)24/h4-7,9-12,24H,2-3,8,13-19H2,1H3,(H,29,34)(H,32,33). The number of hydrogen-bond acceptors (Lipinski definition) is 4. The summed E-state index contributed by atoms with van der Waals surface area (Å²) < 4.78 is 5.54. The topological polar surface area (TPSA) is 95.9 Å². The van der Waals surface area contributed by atoms with Gasteiger partial charge in [0.15, 0.2) is 0 Å². The van der Waals surface area contributed by atoms with E-state index in [2.05, 4.69) is 29.6 Å². The molecule has 1 fully saturated rings. The second-order valence-corrected chi connectivity index (χ2v) is 9.81. The molecule has 0 atom stereocenters. The van der Waals surface area contributed by atoms with E-state index in [1.165, 1.54) is 22.3 Å². The predicted octanol–water partition coefficient (Wildman–Crippen LogP) is 4.80. The van der Waals surface area contributed by atoms with Crippen LogP contribution in [0.2, 0.25) is 0 Å². The third-order valence-corrected chi connectivity index (χ3v) is 7.42. The van der Waals surface area contributed by atoms with Crippen LogP contribution in [0, 0.1) is 5.41 Å². The Morgan fingerprint density at radius 3 is 2.17 bits per heavy atom. The molecular weight excluding hydrogens is 444 g/mol. The number of ether oxygens (including phenoxy) is 1. The summed E-state index contributed by atoms with van der Waals surface area (Å²) in [7, 11) is 0. The summed E-state index contributed by atoms with van der Waals surface area (Å²) in [5.41, 5.74) is 4.06. The lowest BCUT2D eigenvalue weighted by Gasteiger charge is -2.36. The van der Waals surface area contributed by atoms with Gasteiger partial charge in [0.1, 0.15) is 6.61 Å². The molecule has 0 aromatic heterocycles. The number of likely N-dealkylation sites (tertiary alicyclic amines) is 1. The minimum absolute atomic E-state index is 0.0438. The van der Waals surface area contributed by atoms with E-state index < -0.39 is 17.5 Å². The summed E-state index contributed by atoms with van der Waals surface area (Å²) in [5, 5.41) is 12.1. The summed E-state index contributed by atoms with van der Waals surface area (Å²) in [5.74, 6) is -0.655. The molecule has 4 rings (SSSR count). The number of nitrogens with one attached hydrogen (secondary N) is 1. The van der Waals surface area contributed by atoms with Crippen LogP contribution < -0.4 is 5.32 Å². The maximum absolute atomic E-state index is 12.4. The molecule has 0 saturated carbocycles. The van der Waals surface area contributed by atoms with E-state index in [0.717, 1.165) is 19.3 Å². The van der Waals surface area contributed by atoms with Crippen molar-refractivity contribution in [1.29, 1.82) is 0 Å². The van der Waals surface area contributed by atoms with Gasteiger partial charge < -0.3 is 20.1 Å². The summed E-state index contributed by atoms with van der Waals surface area (Å²) in [4.78, 5) is 37.7. The molecule has 35 heavy (non-hydrogen) atoms. The van der Waals surface area contributed by atoms with Gasteiger partial charge in [-0.05, 0) is 54.9 Å². The van der Waals surface area contributed by atoms with Gasteiger partial charge >= 0.3 is 12.1 Å². The van der Waals surface area contributed by atoms with Crippen molar-refractivity contribution in [2.24, 2.45) is 5.41 Å². The number of hydrogen-bond donors (Lipinski definition) is 2. The van der Waals surface area contributed by atoms with Gasteiger partial charge in [-0.2, -0.15) is 0 Å². The van der Waals surface area contributed by atoms with Crippen LogP contribution >= 0.6 is 0 Å². The lowest BCUT2D eigenvalue weighted by Crippen LogP contribution is -2.45. The number of alkyl carbamates (subject to hydrolysis) is 1. The van der Waals surface area contributed by atoms with Crippen molar-refractivity contribution in [3.8, 4) is 11.1 Å². The van der Waals surface area contributed by atoms with Crippen LogP contribution in [0.15, 0.2) is 48.5 Å². The molecule has 2 aliphatic rings. The molecule has 0 spiro atoms. The second-order valence-electron chi connectivity index (χ2n) is 9.81. The Kier molecular flexibility index (Phi) is 7.73. The average Bonchev–Trinajstić information content (AvgIpc) is 3.18. The van der Waals surface area contributed by atoms with Crippen molar-refractivity contribution in [3.05, 3.63) is 59.7 Å². The van der Waals surface area contributed by atoms with Gasteiger partial charge in [-0.1, -0.05) is 55.0 Å². The molecule has 0 bridgehead atoms. The normalized spacial score (nSPS) is 16.3. The van der Waals surface area contributed by atoms with Crippen LogP contribution in [0.4, 0.5) is 4.79 Å². The number of benzene rings is 2. The van der Waals surface area contributed by atoms with Crippen molar-refractivity contribution in [1.82, 2.24) is 10.2 Å². The number of carbonyl (C=O) groups excluding carboxylic acids is 2. The fourth-order valence-corrected chi connectivity index (χ4v) is 5.04. The average molecular weight is 479 g/mol. The zero-order valence-electron chi connectivity index (χ0n) is 20.3. The number of fused-ring (bicyclic) bond motifs is 3. The third kappa shape index (κ3) is 5.66. The molecule has 2 amide bonds. The molecule has 2 aromatic rings. The second kappa shape index (κ2) is 10.9. The first-order chi connectivity index (χ1) is 16.9. The lowest BCUT2D eigenvalue weighted by atomic mass is 9.80. The van der Waals surface area contributed by atoms with Crippen LogP contribution in [-0.2, 0) is 14.3 Å². The maximum Gasteiger partial charge on any atom is 0.407 e. The largest absolute Gasteiger partial charge is 0.481 e. The molecule has 7 heteroatoms. The van der Waals surface area contributed by atoms with E-state index in [4.69, 9.17) is 4.74 Å². The van der Waals surface area contributed by atoms with Gasteiger partial charge in [0.2, 0.25) is 5.91 Å². The quantitative estimate of drug-likeness (QED) is 0.505. The van der Waals surface area contributed by atoms with Gasteiger partial charge in [-0.15, -0.1) is 0 Å². The van der Waals surface area contributed by atoms with E-state index in [9.17, 15) is 19.5 Å². The number of piperidine rings is 1. The Labute approximate surface area is 206 Å². The third-order valence-electron chi connectivity index (χ3n) is 7.42. The Balaban J connectivity index is 1.12. The van der Waals surface area contributed by atoms with E-state index >= 15 is 0 Å². The maximum atomic E-state index is 12.4. The van der Waals surface area contributed by atoms with Gasteiger partial charge in [0.25, 0.3) is 0 Å². The minimum Gasteiger partial charge on any atom is -0.481 e. The first kappa shape index (κ1) is 24.8. The Bertz CT molecular complexity index is 1030. The molecule has 0 unspecified atom stereocenters. The highest BCUT2D eigenvalue weighted by Crippen LogP contribution is 2.44. The number of carboxylic acid groups (broad SMARTS) is 1. The smallest absolute Gasteiger partial charge is 0.407 e. The van der Waals surface area contributed by atoms with Crippen LogP contribution in [0.1, 0.15) is 62.5 Å². The number of amides is 2. The summed E-state index contributed by atoms with van der Waals surface area (Å²) in [6, 6.07) is 16.5. The van der Waals surface area contributed by atoms with Crippen LogP contribution in [-0.4, -0.2) is 54.2 Å². The molecule has 0 radical (unpaired) electrons. The van der Waals surface area contributed by atoms with Crippen molar-refractivity contribution in [3.63, 3.8) is 0 Å². The summed E-state index contributed by atoms with van der Waals surface area (Å²) >= 11 is 0. The van der Waals surface area contributed by atoms with Crippen molar-refractivity contribution in [2.75, 3.05) is 26.2 Å². The zero-order valence-corrected chi connectivity index (χ0v) is 20.3. The van der Waals surface area contributed by atoms with Crippen LogP contribution in [0.5, 0.6) is 0 Å². The highest BCUT2D eigenvalue weighted by atomic mass is 16.5. The minimum atomic E-state index is -0.784. The van der Waals surface area contributed by atoms with E-state index in [0.29, 0.717) is 45.5 Å². The number of unbranched alkanes of at least 4 members (excludes halogenated alkanes) is 2. The molecule has 7 nitrogen and oxygen atoms in total. The van der Waals surface area contributed by atoms with Crippen molar-refractivity contribution >= 4 is 18.0 Å².